The number of carboxylic acid groups (broad SMARTS) is 1. The van der Waals surface area contributed by atoms with Gasteiger partial charge in [0.2, 0.25) is 0 Å². The molecule has 3 nitrogen and oxygen atoms in total. The van der Waals surface area contributed by atoms with Gasteiger partial charge in [-0.05, 0) is 17.2 Å². The molecule has 2 aliphatic rings. The van der Waals surface area contributed by atoms with Gasteiger partial charge in [0.1, 0.15) is 6.04 Å². The van der Waals surface area contributed by atoms with E-state index in [1.807, 2.05) is 42.5 Å². The van der Waals surface area contributed by atoms with Crippen molar-refractivity contribution < 1.29 is 9.90 Å². The summed E-state index contributed by atoms with van der Waals surface area (Å²) in [6, 6.07) is 7.78. The second-order valence-electron chi connectivity index (χ2n) is 3.80. The number of aliphatic imine (C=N–C) groups is 1. The first-order valence-electron chi connectivity index (χ1n) is 5.22. The van der Waals surface area contributed by atoms with Crippen molar-refractivity contribution in [1.29, 1.82) is 0 Å². The van der Waals surface area contributed by atoms with E-state index in [4.69, 9.17) is 5.11 Å². The Balaban J connectivity index is 2.13. The predicted molar refractivity (Wildman–Crippen MR) is 69.0 cm³/mol. The lowest BCUT2D eigenvalue weighted by molar-refractivity contribution is -0.129. The van der Waals surface area contributed by atoms with Crippen molar-refractivity contribution in [2.24, 2.45) is 4.99 Å². The standard InChI is InChI=1S/C13H9NO2S/c15-13(16)12-14-11-9-6-2-1-4-8(9)5-3-7-10(11)17-12/h1-7,11H,(H,15,16). The van der Waals surface area contributed by atoms with Gasteiger partial charge in [-0.15, -0.1) is 0 Å². The molecule has 1 unspecified atom stereocenters. The van der Waals surface area contributed by atoms with Crippen molar-refractivity contribution in [3.63, 3.8) is 0 Å². The number of hydrogen-bond donors (Lipinski definition) is 1. The molecule has 0 bridgehead atoms. The van der Waals surface area contributed by atoms with Gasteiger partial charge >= 0.3 is 5.97 Å². The van der Waals surface area contributed by atoms with Gasteiger partial charge < -0.3 is 5.11 Å². The number of hydrogen-bond acceptors (Lipinski definition) is 3. The summed E-state index contributed by atoms with van der Waals surface area (Å²) in [6.07, 6.45) is 5.91. The van der Waals surface area contributed by atoms with E-state index < -0.39 is 5.97 Å². The Morgan fingerprint density at radius 1 is 1.35 bits per heavy atom. The molecule has 0 saturated carbocycles. The van der Waals surface area contributed by atoms with Crippen LogP contribution in [-0.4, -0.2) is 16.1 Å². The van der Waals surface area contributed by atoms with E-state index in [1.54, 1.807) is 0 Å². The average Bonchev–Trinajstić information content (AvgIpc) is 2.67. The molecule has 84 valence electrons. The fourth-order valence-electron chi connectivity index (χ4n) is 1.98. The van der Waals surface area contributed by atoms with Crippen LogP contribution >= 0.6 is 11.8 Å². The molecule has 3 rings (SSSR count). The van der Waals surface area contributed by atoms with E-state index in [-0.39, 0.29) is 11.1 Å². The van der Waals surface area contributed by atoms with E-state index in [2.05, 4.69) is 4.99 Å². The van der Waals surface area contributed by atoms with E-state index >= 15 is 0 Å². The van der Waals surface area contributed by atoms with Crippen LogP contribution in [0.5, 0.6) is 0 Å². The predicted octanol–water partition coefficient (Wildman–Crippen LogP) is 2.87. The molecule has 0 radical (unpaired) electrons. The lowest BCUT2D eigenvalue weighted by Crippen LogP contribution is -2.05. The van der Waals surface area contributed by atoms with Crippen molar-refractivity contribution in [2.75, 3.05) is 0 Å². The molecule has 4 heteroatoms. The Labute approximate surface area is 103 Å². The van der Waals surface area contributed by atoms with Crippen LogP contribution in [0.4, 0.5) is 0 Å². The monoisotopic (exact) mass is 243 g/mol. The molecule has 0 amide bonds. The Hall–Kier alpha value is -1.81. The SMILES string of the molecule is O=C(O)C1=NC2C(=CC=Cc3ccccc32)S1. The molecule has 1 aliphatic carbocycles. The molecule has 1 N–H and O–H groups in total. The highest BCUT2D eigenvalue weighted by atomic mass is 32.2. The Bertz CT molecular complexity index is 587. The number of aliphatic carboxylic acids is 1. The maximum absolute atomic E-state index is 10.9. The summed E-state index contributed by atoms with van der Waals surface area (Å²) >= 11 is 1.24. The summed E-state index contributed by atoms with van der Waals surface area (Å²) in [5, 5.41) is 9.15. The first-order valence-corrected chi connectivity index (χ1v) is 6.03. The minimum Gasteiger partial charge on any atom is -0.476 e. The fraction of sp³-hybridized carbons (Fsp3) is 0.0769. The van der Waals surface area contributed by atoms with Crippen molar-refractivity contribution in [3.05, 3.63) is 52.4 Å². The summed E-state index contributed by atoms with van der Waals surface area (Å²) in [7, 11) is 0. The molecule has 0 spiro atoms. The third-order valence-electron chi connectivity index (χ3n) is 2.74. The number of benzene rings is 1. The smallest absolute Gasteiger partial charge is 0.361 e. The second kappa shape index (κ2) is 3.89. The van der Waals surface area contributed by atoms with Gasteiger partial charge in [-0.2, -0.15) is 0 Å². The van der Waals surface area contributed by atoms with Gasteiger partial charge in [0.15, 0.2) is 5.04 Å². The lowest BCUT2D eigenvalue weighted by atomic mass is 10.0. The van der Waals surface area contributed by atoms with Crippen molar-refractivity contribution in [1.82, 2.24) is 0 Å². The molecular weight excluding hydrogens is 234 g/mol. The molecule has 0 aromatic heterocycles. The first kappa shape index (κ1) is 10.4. The zero-order chi connectivity index (χ0) is 11.8. The fourth-order valence-corrected chi connectivity index (χ4v) is 2.89. The number of carbonyl (C=O) groups is 1. The van der Waals surface area contributed by atoms with E-state index in [1.165, 1.54) is 11.8 Å². The van der Waals surface area contributed by atoms with Crippen molar-refractivity contribution >= 4 is 28.9 Å². The number of fused-ring (bicyclic) bond motifs is 3. The third-order valence-corrected chi connectivity index (χ3v) is 3.81. The van der Waals surface area contributed by atoms with Gasteiger partial charge in [0.25, 0.3) is 0 Å². The summed E-state index contributed by atoms with van der Waals surface area (Å²) in [5.74, 6) is -0.953. The van der Waals surface area contributed by atoms with Crippen molar-refractivity contribution in [3.8, 4) is 0 Å². The number of allylic oxidation sites excluding steroid dienone is 2. The molecule has 0 fully saturated rings. The van der Waals surface area contributed by atoms with E-state index in [9.17, 15) is 4.79 Å². The summed E-state index contributed by atoms with van der Waals surface area (Å²) in [5.41, 5.74) is 2.16. The maximum atomic E-state index is 10.9. The Morgan fingerprint density at radius 2 is 2.18 bits per heavy atom. The van der Waals surface area contributed by atoms with Crippen LogP contribution in [-0.2, 0) is 4.79 Å². The van der Waals surface area contributed by atoms with Gasteiger partial charge in [-0.1, -0.05) is 48.2 Å². The zero-order valence-corrected chi connectivity index (χ0v) is 9.65. The van der Waals surface area contributed by atoms with Crippen LogP contribution in [0.1, 0.15) is 17.2 Å². The zero-order valence-electron chi connectivity index (χ0n) is 8.83. The minimum atomic E-state index is -0.953. The van der Waals surface area contributed by atoms with E-state index in [0.29, 0.717) is 0 Å². The molecule has 1 aliphatic heterocycles. The number of rotatable bonds is 1. The van der Waals surface area contributed by atoms with Crippen LogP contribution in [0.25, 0.3) is 6.08 Å². The van der Waals surface area contributed by atoms with Gasteiger partial charge in [-0.25, -0.2) is 4.79 Å². The van der Waals surface area contributed by atoms with Gasteiger partial charge in [-0.3, -0.25) is 4.99 Å². The summed E-state index contributed by atoms with van der Waals surface area (Å²) in [6.45, 7) is 0. The summed E-state index contributed by atoms with van der Waals surface area (Å²) in [4.78, 5) is 16.2. The summed E-state index contributed by atoms with van der Waals surface area (Å²) < 4.78 is 0. The molecule has 0 saturated heterocycles. The number of carboxylic acids is 1. The molecule has 1 heterocycles. The third kappa shape index (κ3) is 1.70. The van der Waals surface area contributed by atoms with Crippen molar-refractivity contribution in [2.45, 2.75) is 6.04 Å². The highest BCUT2D eigenvalue weighted by Crippen LogP contribution is 2.43. The molecule has 1 aromatic carbocycles. The highest BCUT2D eigenvalue weighted by Gasteiger charge is 2.30. The van der Waals surface area contributed by atoms with Crippen LogP contribution in [0.3, 0.4) is 0 Å². The molecular formula is C13H9NO2S. The largest absolute Gasteiger partial charge is 0.476 e. The molecule has 1 aromatic rings. The Kier molecular flexibility index (Phi) is 2.37. The van der Waals surface area contributed by atoms with Crippen LogP contribution in [0, 0.1) is 0 Å². The highest BCUT2D eigenvalue weighted by molar-refractivity contribution is 8.19. The quantitative estimate of drug-likeness (QED) is 0.825. The lowest BCUT2D eigenvalue weighted by Gasteiger charge is -2.10. The molecule has 1 atom stereocenters. The van der Waals surface area contributed by atoms with Gasteiger partial charge in [0.05, 0.1) is 0 Å². The van der Waals surface area contributed by atoms with Crippen LogP contribution in [0.2, 0.25) is 0 Å². The van der Waals surface area contributed by atoms with Crippen LogP contribution < -0.4 is 0 Å². The average molecular weight is 243 g/mol. The minimum absolute atomic E-state index is 0.155. The molecule has 17 heavy (non-hydrogen) atoms. The topological polar surface area (TPSA) is 49.7 Å². The van der Waals surface area contributed by atoms with Crippen LogP contribution in [0.15, 0.2) is 46.3 Å². The first-order chi connectivity index (χ1) is 8.25. The van der Waals surface area contributed by atoms with E-state index in [0.717, 1.165) is 16.0 Å². The number of nitrogens with zero attached hydrogens (tertiary/aromatic N) is 1. The Morgan fingerprint density at radius 3 is 3.00 bits per heavy atom. The number of thioether (sulfide) groups is 1. The maximum Gasteiger partial charge on any atom is 0.361 e. The normalized spacial score (nSPS) is 21.1. The van der Waals surface area contributed by atoms with Gasteiger partial charge in [0, 0.05) is 4.91 Å². The second-order valence-corrected chi connectivity index (χ2v) is 4.86.